The van der Waals surface area contributed by atoms with Crippen molar-refractivity contribution in [2.45, 2.75) is 12.8 Å². The van der Waals surface area contributed by atoms with E-state index in [2.05, 4.69) is 13.2 Å². The second kappa shape index (κ2) is 5.66. The largest absolute Gasteiger partial charge is 0.207 e. The third kappa shape index (κ3) is 2.83. The monoisotopic (exact) mass is 236 g/mol. The minimum Gasteiger partial charge on any atom is -0.207 e. The molecule has 1 atom stereocenters. The van der Waals surface area contributed by atoms with Gasteiger partial charge in [-0.05, 0) is 17.2 Å². The minimum absolute atomic E-state index is 0.135. The molecule has 0 aliphatic rings. The van der Waals surface area contributed by atoms with Crippen molar-refractivity contribution in [2.75, 3.05) is 0 Å². The third-order valence-electron chi connectivity index (χ3n) is 2.45. The molecule has 0 aliphatic heterocycles. The Morgan fingerprint density at radius 2 is 2.06 bits per heavy atom. The molecule has 0 bridgehead atoms. The third-order valence-corrected chi connectivity index (χ3v) is 2.79. The quantitative estimate of drug-likeness (QED) is 0.643. The maximum atomic E-state index is 13.3. The van der Waals surface area contributed by atoms with Crippen LogP contribution in [0.3, 0.4) is 0 Å². The number of halogens is 2. The SMILES string of the molecule is C=C/C=C(\C(=C)F)C(C)c1ccccc1Cl. The molecule has 1 unspecified atom stereocenters. The summed E-state index contributed by atoms with van der Waals surface area (Å²) < 4.78 is 13.3. The Bertz CT molecular complexity index is 432. The van der Waals surface area contributed by atoms with Crippen LogP contribution in [-0.4, -0.2) is 0 Å². The van der Waals surface area contributed by atoms with Gasteiger partial charge in [-0.2, -0.15) is 0 Å². The van der Waals surface area contributed by atoms with Crippen LogP contribution in [-0.2, 0) is 0 Å². The first-order valence-corrected chi connectivity index (χ1v) is 5.37. The molecule has 0 amide bonds. The molecule has 84 valence electrons. The fraction of sp³-hybridized carbons (Fsp3) is 0.143. The van der Waals surface area contributed by atoms with Gasteiger partial charge in [0.05, 0.1) is 0 Å². The predicted molar refractivity (Wildman–Crippen MR) is 68.4 cm³/mol. The number of benzene rings is 1. The minimum atomic E-state index is -0.452. The maximum Gasteiger partial charge on any atom is 0.119 e. The molecule has 0 aromatic heterocycles. The van der Waals surface area contributed by atoms with Crippen LogP contribution in [0.2, 0.25) is 5.02 Å². The van der Waals surface area contributed by atoms with Crippen LogP contribution in [0, 0.1) is 0 Å². The van der Waals surface area contributed by atoms with E-state index in [-0.39, 0.29) is 5.92 Å². The van der Waals surface area contributed by atoms with Crippen LogP contribution in [0.1, 0.15) is 18.4 Å². The lowest BCUT2D eigenvalue weighted by Gasteiger charge is -2.15. The second-order valence-electron chi connectivity index (χ2n) is 3.51. The van der Waals surface area contributed by atoms with Crippen LogP contribution in [0.4, 0.5) is 4.39 Å². The number of hydrogen-bond donors (Lipinski definition) is 0. The highest BCUT2D eigenvalue weighted by Crippen LogP contribution is 2.33. The van der Waals surface area contributed by atoms with E-state index < -0.39 is 5.83 Å². The lowest BCUT2D eigenvalue weighted by molar-refractivity contribution is 0.634. The van der Waals surface area contributed by atoms with Crippen molar-refractivity contribution in [3.05, 3.63) is 71.6 Å². The van der Waals surface area contributed by atoms with Crippen LogP contribution in [0.15, 0.2) is 61.0 Å². The van der Waals surface area contributed by atoms with Crippen LogP contribution < -0.4 is 0 Å². The molecule has 0 N–H and O–H groups in total. The summed E-state index contributed by atoms with van der Waals surface area (Å²) >= 11 is 6.06. The van der Waals surface area contributed by atoms with Gasteiger partial charge in [-0.1, -0.05) is 62.0 Å². The Balaban J connectivity index is 3.14. The van der Waals surface area contributed by atoms with Crippen molar-refractivity contribution in [1.29, 1.82) is 0 Å². The molecule has 0 aliphatic carbocycles. The van der Waals surface area contributed by atoms with E-state index in [0.717, 1.165) is 5.56 Å². The highest BCUT2D eigenvalue weighted by Gasteiger charge is 2.15. The lowest BCUT2D eigenvalue weighted by Crippen LogP contribution is -1.99. The zero-order valence-electron chi connectivity index (χ0n) is 9.21. The van der Waals surface area contributed by atoms with Crippen molar-refractivity contribution in [2.24, 2.45) is 0 Å². The summed E-state index contributed by atoms with van der Waals surface area (Å²) in [4.78, 5) is 0. The molecule has 0 fully saturated rings. The average molecular weight is 237 g/mol. The van der Waals surface area contributed by atoms with Gasteiger partial charge in [-0.25, -0.2) is 4.39 Å². The predicted octanol–water partition coefficient (Wildman–Crippen LogP) is 5.04. The Labute approximate surface area is 101 Å². The van der Waals surface area contributed by atoms with Gasteiger partial charge in [0, 0.05) is 10.9 Å². The molecule has 1 aromatic rings. The highest BCUT2D eigenvalue weighted by atomic mass is 35.5. The van der Waals surface area contributed by atoms with Gasteiger partial charge in [0.2, 0.25) is 0 Å². The van der Waals surface area contributed by atoms with Crippen molar-refractivity contribution >= 4 is 11.6 Å². The van der Waals surface area contributed by atoms with E-state index in [0.29, 0.717) is 10.6 Å². The topological polar surface area (TPSA) is 0 Å². The smallest absolute Gasteiger partial charge is 0.119 e. The van der Waals surface area contributed by atoms with E-state index in [1.807, 2.05) is 25.1 Å². The zero-order valence-corrected chi connectivity index (χ0v) is 9.97. The van der Waals surface area contributed by atoms with Gasteiger partial charge in [-0.3, -0.25) is 0 Å². The molecule has 0 spiro atoms. The van der Waals surface area contributed by atoms with Crippen molar-refractivity contribution in [3.8, 4) is 0 Å². The Hall–Kier alpha value is -1.34. The van der Waals surface area contributed by atoms with Crippen LogP contribution >= 0.6 is 11.6 Å². The molecule has 0 saturated heterocycles. The van der Waals surface area contributed by atoms with Gasteiger partial charge < -0.3 is 0 Å². The number of hydrogen-bond acceptors (Lipinski definition) is 0. The molecular weight excluding hydrogens is 223 g/mol. The maximum absolute atomic E-state index is 13.3. The fourth-order valence-electron chi connectivity index (χ4n) is 1.59. The fourth-order valence-corrected chi connectivity index (χ4v) is 1.89. The summed E-state index contributed by atoms with van der Waals surface area (Å²) in [5.74, 6) is -0.587. The first-order valence-electron chi connectivity index (χ1n) is 4.99. The normalized spacial score (nSPS) is 13.3. The molecule has 2 heteroatoms. The van der Waals surface area contributed by atoms with Crippen molar-refractivity contribution in [3.63, 3.8) is 0 Å². The molecule has 1 aromatic carbocycles. The summed E-state index contributed by atoms with van der Waals surface area (Å²) in [5, 5.41) is 0.631. The molecule has 0 heterocycles. The molecule has 0 nitrogen and oxygen atoms in total. The summed E-state index contributed by atoms with van der Waals surface area (Å²) in [6, 6.07) is 7.40. The van der Waals surface area contributed by atoms with E-state index in [4.69, 9.17) is 11.6 Å². The zero-order chi connectivity index (χ0) is 12.1. The number of rotatable bonds is 4. The van der Waals surface area contributed by atoms with Crippen LogP contribution in [0.5, 0.6) is 0 Å². The molecule has 1 rings (SSSR count). The first-order chi connectivity index (χ1) is 7.57. The number of allylic oxidation sites excluding steroid dienone is 4. The van der Waals surface area contributed by atoms with E-state index >= 15 is 0 Å². The van der Waals surface area contributed by atoms with Gasteiger partial charge in [0.25, 0.3) is 0 Å². The van der Waals surface area contributed by atoms with Crippen molar-refractivity contribution < 1.29 is 4.39 Å². The molecular formula is C14H14ClF. The lowest BCUT2D eigenvalue weighted by atomic mass is 9.92. The first kappa shape index (κ1) is 12.7. The van der Waals surface area contributed by atoms with E-state index in [1.165, 1.54) is 0 Å². The summed E-state index contributed by atoms with van der Waals surface area (Å²) in [6.45, 7) is 8.78. The summed E-state index contributed by atoms with van der Waals surface area (Å²) in [6.07, 6.45) is 3.17. The van der Waals surface area contributed by atoms with Gasteiger partial charge in [0.1, 0.15) is 5.83 Å². The Morgan fingerprint density at radius 1 is 1.44 bits per heavy atom. The molecule has 0 radical (unpaired) electrons. The van der Waals surface area contributed by atoms with E-state index in [1.54, 1.807) is 18.2 Å². The highest BCUT2D eigenvalue weighted by molar-refractivity contribution is 6.31. The summed E-state index contributed by atoms with van der Waals surface area (Å²) in [7, 11) is 0. The van der Waals surface area contributed by atoms with Gasteiger partial charge >= 0.3 is 0 Å². The second-order valence-corrected chi connectivity index (χ2v) is 3.91. The average Bonchev–Trinajstić information content (AvgIpc) is 2.25. The molecule has 16 heavy (non-hydrogen) atoms. The van der Waals surface area contributed by atoms with Crippen molar-refractivity contribution in [1.82, 2.24) is 0 Å². The Kier molecular flexibility index (Phi) is 4.51. The standard InChI is InChI=1S/C14H14ClF/c1-4-7-12(11(3)16)10(2)13-8-5-6-9-14(13)15/h4-10H,1,3H2,2H3/b12-7-. The molecule has 0 saturated carbocycles. The van der Waals surface area contributed by atoms with E-state index in [9.17, 15) is 4.39 Å². The summed E-state index contributed by atoms with van der Waals surface area (Å²) in [5.41, 5.74) is 1.39. The van der Waals surface area contributed by atoms with Crippen LogP contribution in [0.25, 0.3) is 0 Å². The van der Waals surface area contributed by atoms with Gasteiger partial charge in [-0.15, -0.1) is 0 Å². The van der Waals surface area contributed by atoms with Gasteiger partial charge in [0.15, 0.2) is 0 Å². The Morgan fingerprint density at radius 3 is 2.56 bits per heavy atom.